The molecule has 2 aromatic rings. The molecule has 7 nitrogen and oxygen atoms in total. The Labute approximate surface area is 152 Å². The SMILES string of the molecule is O=C(c1csc([N+](=O)[O-])c1)N1CCCN(C(=O)c2ccccc2F)CC1. The van der Waals surface area contributed by atoms with Crippen molar-refractivity contribution in [3.63, 3.8) is 0 Å². The zero-order valence-electron chi connectivity index (χ0n) is 13.8. The van der Waals surface area contributed by atoms with Crippen LogP contribution in [0.4, 0.5) is 9.39 Å². The largest absolute Gasteiger partial charge is 0.337 e. The number of rotatable bonds is 3. The molecule has 26 heavy (non-hydrogen) atoms. The van der Waals surface area contributed by atoms with Crippen LogP contribution < -0.4 is 0 Å². The number of amides is 2. The summed E-state index contributed by atoms with van der Waals surface area (Å²) in [4.78, 5) is 38.4. The third-order valence-corrected chi connectivity index (χ3v) is 5.07. The second-order valence-electron chi connectivity index (χ2n) is 5.85. The number of carbonyl (C=O) groups is 2. The topological polar surface area (TPSA) is 83.8 Å². The highest BCUT2D eigenvalue weighted by molar-refractivity contribution is 7.13. The summed E-state index contributed by atoms with van der Waals surface area (Å²) in [6.45, 7) is 1.43. The smallest absolute Gasteiger partial charge is 0.324 e. The third kappa shape index (κ3) is 3.72. The van der Waals surface area contributed by atoms with Gasteiger partial charge in [-0.05, 0) is 18.6 Å². The van der Waals surface area contributed by atoms with Crippen LogP contribution >= 0.6 is 11.3 Å². The fraction of sp³-hybridized carbons (Fsp3) is 0.294. The van der Waals surface area contributed by atoms with Crippen LogP contribution in [0.1, 0.15) is 27.1 Å². The van der Waals surface area contributed by atoms with Crippen molar-refractivity contribution < 1.29 is 18.9 Å². The van der Waals surface area contributed by atoms with Gasteiger partial charge < -0.3 is 9.80 Å². The molecule has 2 heterocycles. The summed E-state index contributed by atoms with van der Waals surface area (Å²) in [7, 11) is 0. The number of hydrogen-bond acceptors (Lipinski definition) is 5. The van der Waals surface area contributed by atoms with E-state index in [0.717, 1.165) is 11.3 Å². The molecule has 0 bridgehead atoms. The van der Waals surface area contributed by atoms with E-state index in [-0.39, 0.29) is 28.6 Å². The lowest BCUT2D eigenvalue weighted by molar-refractivity contribution is -0.380. The summed E-state index contributed by atoms with van der Waals surface area (Å²) in [5.74, 6) is -1.27. The maximum Gasteiger partial charge on any atom is 0.324 e. The Bertz CT molecular complexity index is 854. The summed E-state index contributed by atoms with van der Waals surface area (Å²) in [5, 5.41) is 12.1. The molecule has 3 rings (SSSR count). The highest BCUT2D eigenvalue weighted by Crippen LogP contribution is 2.24. The van der Waals surface area contributed by atoms with Crippen molar-refractivity contribution in [2.75, 3.05) is 26.2 Å². The van der Waals surface area contributed by atoms with Crippen LogP contribution in [0.25, 0.3) is 0 Å². The van der Waals surface area contributed by atoms with E-state index in [0.29, 0.717) is 26.1 Å². The van der Waals surface area contributed by atoms with Crippen LogP contribution in [-0.4, -0.2) is 52.7 Å². The Kier molecular flexibility index (Phi) is 5.27. The van der Waals surface area contributed by atoms with Gasteiger partial charge in [-0.1, -0.05) is 23.5 Å². The van der Waals surface area contributed by atoms with E-state index in [1.54, 1.807) is 11.0 Å². The molecule has 9 heteroatoms. The van der Waals surface area contributed by atoms with E-state index >= 15 is 0 Å². The van der Waals surface area contributed by atoms with Crippen molar-refractivity contribution in [1.29, 1.82) is 0 Å². The van der Waals surface area contributed by atoms with Gasteiger partial charge in [-0.2, -0.15) is 0 Å². The van der Waals surface area contributed by atoms with E-state index in [1.807, 2.05) is 0 Å². The van der Waals surface area contributed by atoms with E-state index in [4.69, 9.17) is 0 Å². The Morgan fingerprint density at radius 1 is 1.08 bits per heavy atom. The second kappa shape index (κ2) is 7.61. The molecule has 2 amide bonds. The van der Waals surface area contributed by atoms with E-state index in [1.165, 1.54) is 34.5 Å². The summed E-state index contributed by atoms with van der Waals surface area (Å²) >= 11 is 0.907. The lowest BCUT2D eigenvalue weighted by atomic mass is 10.2. The van der Waals surface area contributed by atoms with Gasteiger partial charge in [0, 0.05) is 37.6 Å². The fourth-order valence-corrected chi connectivity index (χ4v) is 3.54. The fourth-order valence-electron chi connectivity index (χ4n) is 2.84. The van der Waals surface area contributed by atoms with Gasteiger partial charge in [0.15, 0.2) is 0 Å². The number of nitrogens with zero attached hydrogens (tertiary/aromatic N) is 3. The van der Waals surface area contributed by atoms with Crippen LogP contribution in [0.5, 0.6) is 0 Å². The molecular formula is C17H16FN3O4S. The molecule has 136 valence electrons. The van der Waals surface area contributed by atoms with Gasteiger partial charge in [0.2, 0.25) is 0 Å². The first kappa shape index (κ1) is 18.0. The number of carbonyl (C=O) groups excluding carboxylic acids is 2. The Hall–Kier alpha value is -2.81. The molecular weight excluding hydrogens is 361 g/mol. The minimum absolute atomic E-state index is 0.0146. The minimum atomic E-state index is -0.569. The van der Waals surface area contributed by atoms with Crippen LogP contribution in [0.3, 0.4) is 0 Å². The molecule has 0 N–H and O–H groups in total. The first-order valence-corrected chi connectivity index (χ1v) is 8.91. The number of benzene rings is 1. The number of thiophene rings is 1. The van der Waals surface area contributed by atoms with Crippen molar-refractivity contribution in [2.45, 2.75) is 6.42 Å². The second-order valence-corrected chi connectivity index (χ2v) is 6.74. The van der Waals surface area contributed by atoms with Crippen LogP contribution in [0.15, 0.2) is 35.7 Å². The summed E-state index contributed by atoms with van der Waals surface area (Å²) in [6.07, 6.45) is 0.554. The lowest BCUT2D eigenvalue weighted by Crippen LogP contribution is -2.37. The predicted octanol–water partition coefficient (Wildman–Crippen LogP) is 2.78. The van der Waals surface area contributed by atoms with Crippen molar-refractivity contribution in [2.24, 2.45) is 0 Å². The maximum absolute atomic E-state index is 13.8. The molecule has 0 radical (unpaired) electrons. The Morgan fingerprint density at radius 2 is 1.73 bits per heavy atom. The van der Waals surface area contributed by atoms with E-state index in [2.05, 4.69) is 0 Å². The number of hydrogen-bond donors (Lipinski definition) is 0. The van der Waals surface area contributed by atoms with Gasteiger partial charge in [-0.25, -0.2) is 4.39 Å². The zero-order chi connectivity index (χ0) is 18.7. The highest BCUT2D eigenvalue weighted by atomic mass is 32.1. The van der Waals surface area contributed by atoms with E-state index < -0.39 is 16.6 Å². The highest BCUT2D eigenvalue weighted by Gasteiger charge is 2.26. The first-order valence-electron chi connectivity index (χ1n) is 8.03. The number of nitro groups is 1. The lowest BCUT2D eigenvalue weighted by Gasteiger charge is -2.22. The summed E-state index contributed by atoms with van der Waals surface area (Å²) in [6, 6.07) is 7.07. The summed E-state index contributed by atoms with van der Waals surface area (Å²) < 4.78 is 13.8. The van der Waals surface area contributed by atoms with Gasteiger partial charge in [0.25, 0.3) is 11.8 Å². The van der Waals surface area contributed by atoms with E-state index in [9.17, 15) is 24.1 Å². The van der Waals surface area contributed by atoms with Gasteiger partial charge in [-0.15, -0.1) is 0 Å². The average Bonchev–Trinajstić information content (AvgIpc) is 3.00. The summed E-state index contributed by atoms with van der Waals surface area (Å²) in [5.41, 5.74) is 0.288. The molecule has 1 aromatic carbocycles. The Balaban J connectivity index is 1.68. The van der Waals surface area contributed by atoms with Crippen molar-refractivity contribution >= 4 is 28.2 Å². The van der Waals surface area contributed by atoms with Gasteiger partial charge in [0.1, 0.15) is 5.82 Å². The normalized spacial score (nSPS) is 14.8. The van der Waals surface area contributed by atoms with Crippen LogP contribution in [-0.2, 0) is 0 Å². The van der Waals surface area contributed by atoms with Crippen molar-refractivity contribution in [1.82, 2.24) is 9.80 Å². The van der Waals surface area contributed by atoms with Gasteiger partial charge >= 0.3 is 5.00 Å². The van der Waals surface area contributed by atoms with Crippen LogP contribution in [0, 0.1) is 15.9 Å². The van der Waals surface area contributed by atoms with Gasteiger partial charge in [-0.3, -0.25) is 19.7 Å². The molecule has 0 aliphatic carbocycles. The van der Waals surface area contributed by atoms with Gasteiger partial charge in [0.05, 0.1) is 16.1 Å². The maximum atomic E-state index is 13.8. The minimum Gasteiger partial charge on any atom is -0.337 e. The molecule has 1 aliphatic rings. The molecule has 0 unspecified atom stereocenters. The Morgan fingerprint density at radius 3 is 2.35 bits per heavy atom. The number of halogens is 1. The zero-order valence-corrected chi connectivity index (χ0v) is 14.6. The quantitative estimate of drug-likeness (QED) is 0.608. The van der Waals surface area contributed by atoms with Crippen molar-refractivity contribution in [3.05, 3.63) is 62.8 Å². The standard InChI is InChI=1S/C17H16FN3O4S/c18-14-5-2-1-4-13(14)17(23)20-7-3-6-19(8-9-20)16(22)12-10-15(21(24)25)26-11-12/h1-2,4-5,10-11H,3,6-9H2. The molecule has 0 saturated carbocycles. The molecule has 1 aliphatic heterocycles. The first-order chi connectivity index (χ1) is 12.5. The predicted molar refractivity (Wildman–Crippen MR) is 93.8 cm³/mol. The van der Waals surface area contributed by atoms with Crippen LogP contribution in [0.2, 0.25) is 0 Å². The molecule has 1 fully saturated rings. The third-order valence-electron chi connectivity index (χ3n) is 4.19. The average molecular weight is 377 g/mol. The molecule has 0 spiro atoms. The molecule has 0 atom stereocenters. The monoisotopic (exact) mass is 377 g/mol. The molecule has 1 aromatic heterocycles. The molecule has 1 saturated heterocycles. The van der Waals surface area contributed by atoms with Crippen molar-refractivity contribution in [3.8, 4) is 0 Å².